The van der Waals surface area contributed by atoms with Gasteiger partial charge in [0.25, 0.3) is 0 Å². The Labute approximate surface area is 255 Å². The van der Waals surface area contributed by atoms with Crippen molar-refractivity contribution in [3.05, 3.63) is 81.9 Å². The number of rotatable bonds is 4. The van der Waals surface area contributed by atoms with Crippen LogP contribution in [0, 0.1) is 13.8 Å². The molecule has 4 rings (SSSR count). The van der Waals surface area contributed by atoms with E-state index in [1.807, 2.05) is 0 Å². The minimum atomic E-state index is -0.826. The summed E-state index contributed by atoms with van der Waals surface area (Å²) < 4.78 is 0. The quantitative estimate of drug-likeness (QED) is 0.153. The van der Waals surface area contributed by atoms with Crippen LogP contribution in [0.25, 0.3) is 21.5 Å². The van der Waals surface area contributed by atoms with Gasteiger partial charge < -0.3 is 0 Å². The molecule has 206 valence electrons. The summed E-state index contributed by atoms with van der Waals surface area (Å²) in [6.45, 7) is 27.0. The minimum absolute atomic E-state index is 0.600. The normalized spacial score (nSPS) is 10.8. The number of fused-ring (bicyclic) bond motifs is 2. The van der Waals surface area contributed by atoms with Crippen molar-refractivity contribution in [2.24, 2.45) is 0 Å². The second kappa shape index (κ2) is 17.2. The zero-order valence-corrected chi connectivity index (χ0v) is 30.7. The molecule has 0 aliphatic heterocycles. The third-order valence-corrected chi connectivity index (χ3v) is 6.62. The van der Waals surface area contributed by atoms with Crippen molar-refractivity contribution < 1.29 is 20.8 Å². The average molecular weight is 647 g/mol. The van der Waals surface area contributed by atoms with E-state index in [-0.39, 0.29) is 0 Å². The molecule has 0 fully saturated rings. The Hall–Kier alpha value is -0.660. The van der Waals surface area contributed by atoms with Crippen molar-refractivity contribution in [3.8, 4) is 0 Å². The van der Waals surface area contributed by atoms with Crippen molar-refractivity contribution in [1.29, 1.82) is 0 Å². The summed E-state index contributed by atoms with van der Waals surface area (Å²) in [5.74, 6) is 2.42. The molecule has 0 nitrogen and oxygen atoms in total. The first kappa shape index (κ1) is 35.4. The Bertz CT molecular complexity index is 1150. The van der Waals surface area contributed by atoms with Gasteiger partial charge in [0.15, 0.2) is 0 Å². The molecule has 38 heavy (non-hydrogen) atoms. The molecule has 0 heterocycles. The van der Waals surface area contributed by atoms with E-state index in [1.54, 1.807) is 11.1 Å². The molecule has 0 atom stereocenters. The number of benzene rings is 2. The average Bonchev–Trinajstić information content (AvgIpc) is 3.38. The first-order chi connectivity index (χ1) is 17.8. The van der Waals surface area contributed by atoms with Crippen LogP contribution in [0.5, 0.6) is 0 Å². The van der Waals surface area contributed by atoms with E-state index in [2.05, 4.69) is 131 Å². The molecule has 0 saturated heterocycles. The number of hydrogen-bond acceptors (Lipinski definition) is 0. The van der Waals surface area contributed by atoms with E-state index in [1.165, 1.54) is 43.8 Å². The number of aryl methyl sites for hydroxylation is 2. The van der Waals surface area contributed by atoms with Gasteiger partial charge in [0.1, 0.15) is 0 Å². The molecule has 0 aliphatic carbocycles. The van der Waals surface area contributed by atoms with Crippen molar-refractivity contribution >= 4 is 48.1 Å². The van der Waals surface area contributed by atoms with Gasteiger partial charge in [-0.25, -0.2) is 0 Å². The summed E-state index contributed by atoms with van der Waals surface area (Å²) in [7, 11) is 11.0. The molecule has 2 radical (unpaired) electrons. The molecule has 0 aliphatic rings. The van der Waals surface area contributed by atoms with Crippen molar-refractivity contribution in [2.75, 3.05) is 0 Å². The summed E-state index contributed by atoms with van der Waals surface area (Å²) in [5, 5.41) is 5.70. The standard InChI is InChI=1S/2C16H21.C2H6Si.2ClH.Zr/c2*1-10(2)14-7-6-13-8-12(5)9-15(13)16(14)11(3)4;1-3-2;;;/h2*6-11H,1-5H3;1-2H3;2*1H;/q2*-1;;;;+4/p-2. The predicted octanol–water partition coefficient (Wildman–Crippen LogP) is 12.4. The Morgan fingerprint density at radius 2 is 0.895 bits per heavy atom. The maximum absolute atomic E-state index is 4.93. The topological polar surface area (TPSA) is 0 Å². The van der Waals surface area contributed by atoms with E-state index in [0.717, 1.165) is 9.52 Å². The van der Waals surface area contributed by atoms with E-state index in [0.29, 0.717) is 23.7 Å². The first-order valence-corrected chi connectivity index (χ1v) is 22.1. The van der Waals surface area contributed by atoms with Crippen molar-refractivity contribution in [1.82, 2.24) is 0 Å². The molecule has 0 spiro atoms. The van der Waals surface area contributed by atoms with E-state index in [9.17, 15) is 0 Å². The summed E-state index contributed by atoms with van der Waals surface area (Å²) in [6.07, 6.45) is 0. The molecule has 0 saturated carbocycles. The monoisotopic (exact) mass is 644 g/mol. The molecule has 0 bridgehead atoms. The SMILES string of the molecule is C[Si]C.Cc1cc2c(C(C)C)c(C(C)C)ccc2[cH-]1.Cc1cc2c(C(C)C)c(C(C)C)ccc2[cH-]1.[Cl][Zr+2][Cl]. The van der Waals surface area contributed by atoms with Crippen LogP contribution in [0.3, 0.4) is 0 Å². The molecule has 4 aromatic rings. The van der Waals surface area contributed by atoms with Gasteiger partial charge in [-0.15, -0.1) is 69.1 Å². The predicted molar refractivity (Wildman–Crippen MR) is 174 cm³/mol. The fraction of sp³-hybridized carbons (Fsp3) is 0.471. The third kappa shape index (κ3) is 9.76. The maximum atomic E-state index is 4.93. The molecular weight excluding hydrogens is 599 g/mol. The van der Waals surface area contributed by atoms with Gasteiger partial charge in [-0.3, -0.25) is 0 Å². The molecular formula is C34H48Cl2SiZr. The Morgan fingerprint density at radius 1 is 0.605 bits per heavy atom. The summed E-state index contributed by atoms with van der Waals surface area (Å²) in [4.78, 5) is 0. The van der Waals surface area contributed by atoms with E-state index < -0.39 is 20.8 Å². The molecule has 0 N–H and O–H groups in total. The second-order valence-electron chi connectivity index (χ2n) is 11.4. The number of hydrogen-bond donors (Lipinski definition) is 0. The summed E-state index contributed by atoms with van der Waals surface area (Å²) >= 11 is -0.826. The summed E-state index contributed by atoms with van der Waals surface area (Å²) in [6, 6.07) is 18.4. The van der Waals surface area contributed by atoms with Gasteiger partial charge in [-0.1, -0.05) is 105 Å². The fourth-order valence-corrected chi connectivity index (χ4v) is 5.24. The van der Waals surface area contributed by atoms with Gasteiger partial charge in [-0.05, 0) is 23.7 Å². The van der Waals surface area contributed by atoms with Crippen LogP contribution in [0.1, 0.15) is 112 Å². The first-order valence-electron chi connectivity index (χ1n) is 13.8. The zero-order chi connectivity index (χ0) is 29.2. The van der Waals surface area contributed by atoms with Gasteiger partial charge in [0.2, 0.25) is 0 Å². The van der Waals surface area contributed by atoms with Crippen LogP contribution in [0.15, 0.2) is 48.5 Å². The zero-order valence-electron chi connectivity index (χ0n) is 25.7. The van der Waals surface area contributed by atoms with Gasteiger partial charge >= 0.3 is 37.9 Å². The molecule has 4 heteroatoms. The van der Waals surface area contributed by atoms with Crippen LogP contribution in [0.2, 0.25) is 13.1 Å². The van der Waals surface area contributed by atoms with Gasteiger partial charge in [0, 0.05) is 9.52 Å². The van der Waals surface area contributed by atoms with E-state index in [4.69, 9.17) is 17.0 Å². The van der Waals surface area contributed by atoms with Crippen LogP contribution in [0.4, 0.5) is 0 Å². The Balaban J connectivity index is 0.000000315. The van der Waals surface area contributed by atoms with Gasteiger partial charge in [-0.2, -0.15) is 12.1 Å². The third-order valence-electron chi connectivity index (χ3n) is 6.62. The fourth-order valence-electron chi connectivity index (χ4n) is 5.24. The molecule has 0 aromatic heterocycles. The molecule has 4 aromatic carbocycles. The van der Waals surface area contributed by atoms with Crippen molar-refractivity contribution in [3.63, 3.8) is 0 Å². The van der Waals surface area contributed by atoms with Crippen LogP contribution in [-0.4, -0.2) is 9.52 Å². The van der Waals surface area contributed by atoms with Gasteiger partial charge in [0.05, 0.1) is 0 Å². The summed E-state index contributed by atoms with van der Waals surface area (Å²) in [5.41, 5.74) is 8.85. The Kier molecular flexibility index (Phi) is 16.0. The molecule has 0 unspecified atom stereocenters. The van der Waals surface area contributed by atoms with Crippen LogP contribution in [-0.2, 0) is 20.8 Å². The van der Waals surface area contributed by atoms with Crippen LogP contribution < -0.4 is 0 Å². The Morgan fingerprint density at radius 3 is 1.13 bits per heavy atom. The van der Waals surface area contributed by atoms with Crippen molar-refractivity contribution in [2.45, 2.75) is 106 Å². The number of halogens is 2. The second-order valence-corrected chi connectivity index (χ2v) is 16.1. The van der Waals surface area contributed by atoms with E-state index >= 15 is 0 Å². The molecule has 0 amide bonds. The van der Waals surface area contributed by atoms with Crippen LogP contribution >= 0.6 is 17.0 Å².